The van der Waals surface area contributed by atoms with E-state index in [9.17, 15) is 9.59 Å². The molecule has 22 heavy (non-hydrogen) atoms. The number of urea groups is 1. The van der Waals surface area contributed by atoms with Gasteiger partial charge in [0, 0.05) is 26.8 Å². The van der Waals surface area contributed by atoms with Crippen molar-refractivity contribution in [3.05, 3.63) is 24.5 Å². The SMILES string of the molecule is CN(C)C(=O)N1CC(=O)N(c2cccnc2)C[C@@]12CCNC2. The van der Waals surface area contributed by atoms with Crippen LogP contribution in [0.1, 0.15) is 6.42 Å². The van der Waals surface area contributed by atoms with Gasteiger partial charge < -0.3 is 20.0 Å². The van der Waals surface area contributed by atoms with E-state index in [1.807, 2.05) is 12.1 Å². The zero-order valence-corrected chi connectivity index (χ0v) is 13.0. The summed E-state index contributed by atoms with van der Waals surface area (Å²) < 4.78 is 0. The molecule has 1 aromatic rings. The lowest BCUT2D eigenvalue weighted by molar-refractivity contribution is -0.123. The molecule has 2 aliphatic heterocycles. The third-order valence-electron chi connectivity index (χ3n) is 4.41. The number of carbonyl (C=O) groups is 2. The van der Waals surface area contributed by atoms with E-state index in [4.69, 9.17) is 0 Å². The van der Waals surface area contributed by atoms with Crippen LogP contribution >= 0.6 is 0 Å². The molecule has 2 fully saturated rings. The number of nitrogens with zero attached hydrogens (tertiary/aromatic N) is 4. The first-order valence-electron chi connectivity index (χ1n) is 7.43. The molecule has 0 aromatic carbocycles. The number of aromatic nitrogens is 1. The summed E-state index contributed by atoms with van der Waals surface area (Å²) in [6.07, 6.45) is 4.22. The maximum Gasteiger partial charge on any atom is 0.320 e. The minimum absolute atomic E-state index is 0.0688. The van der Waals surface area contributed by atoms with Gasteiger partial charge in [-0.25, -0.2) is 4.79 Å². The van der Waals surface area contributed by atoms with Crippen LogP contribution in [0.5, 0.6) is 0 Å². The van der Waals surface area contributed by atoms with Crippen molar-refractivity contribution < 1.29 is 9.59 Å². The highest BCUT2D eigenvalue weighted by Crippen LogP contribution is 2.31. The molecule has 1 aromatic heterocycles. The minimum Gasteiger partial charge on any atom is -0.331 e. The maximum atomic E-state index is 12.5. The molecule has 0 saturated carbocycles. The number of nitrogens with one attached hydrogen (secondary N) is 1. The van der Waals surface area contributed by atoms with Crippen LogP contribution in [0.4, 0.5) is 10.5 Å². The Balaban J connectivity index is 1.92. The van der Waals surface area contributed by atoms with Crippen LogP contribution in [0.15, 0.2) is 24.5 Å². The molecular weight excluding hydrogens is 282 g/mol. The van der Waals surface area contributed by atoms with Crippen molar-refractivity contribution in [2.75, 3.05) is 45.2 Å². The highest BCUT2D eigenvalue weighted by atomic mass is 16.2. The Morgan fingerprint density at radius 3 is 2.86 bits per heavy atom. The van der Waals surface area contributed by atoms with Gasteiger partial charge in [-0.1, -0.05) is 0 Å². The van der Waals surface area contributed by atoms with Gasteiger partial charge in [0.05, 0.1) is 24.0 Å². The molecule has 2 saturated heterocycles. The van der Waals surface area contributed by atoms with Crippen LogP contribution in [0, 0.1) is 0 Å². The number of carbonyl (C=O) groups excluding carboxylic acids is 2. The number of rotatable bonds is 1. The Hall–Kier alpha value is -2.15. The monoisotopic (exact) mass is 303 g/mol. The number of hydrogen-bond donors (Lipinski definition) is 1. The lowest BCUT2D eigenvalue weighted by Crippen LogP contribution is -2.68. The van der Waals surface area contributed by atoms with Crippen LogP contribution < -0.4 is 10.2 Å². The summed E-state index contributed by atoms with van der Waals surface area (Å²) in [7, 11) is 3.44. The van der Waals surface area contributed by atoms with E-state index in [-0.39, 0.29) is 24.0 Å². The van der Waals surface area contributed by atoms with E-state index in [1.54, 1.807) is 36.3 Å². The fourth-order valence-corrected chi connectivity index (χ4v) is 3.21. The second-order valence-electron chi connectivity index (χ2n) is 6.11. The van der Waals surface area contributed by atoms with Gasteiger partial charge in [0.2, 0.25) is 5.91 Å². The van der Waals surface area contributed by atoms with Crippen molar-refractivity contribution in [3.63, 3.8) is 0 Å². The van der Waals surface area contributed by atoms with E-state index in [2.05, 4.69) is 10.3 Å². The summed E-state index contributed by atoms with van der Waals surface area (Å²) in [5, 5.41) is 3.33. The molecule has 2 aliphatic rings. The molecule has 1 N–H and O–H groups in total. The number of anilines is 1. The number of hydrogen-bond acceptors (Lipinski definition) is 4. The quantitative estimate of drug-likeness (QED) is 0.801. The highest BCUT2D eigenvalue weighted by Gasteiger charge is 2.49. The van der Waals surface area contributed by atoms with Crippen molar-refractivity contribution >= 4 is 17.6 Å². The molecule has 3 heterocycles. The molecule has 3 amide bonds. The summed E-state index contributed by atoms with van der Waals surface area (Å²) in [5.74, 6) is -0.0688. The van der Waals surface area contributed by atoms with Gasteiger partial charge >= 0.3 is 6.03 Å². The van der Waals surface area contributed by atoms with Gasteiger partial charge in [0.25, 0.3) is 0 Å². The van der Waals surface area contributed by atoms with Crippen molar-refractivity contribution in [3.8, 4) is 0 Å². The Morgan fingerprint density at radius 2 is 2.27 bits per heavy atom. The van der Waals surface area contributed by atoms with E-state index in [0.29, 0.717) is 13.1 Å². The Kier molecular flexibility index (Phi) is 3.74. The summed E-state index contributed by atoms with van der Waals surface area (Å²) in [4.78, 5) is 34.1. The van der Waals surface area contributed by atoms with Crippen LogP contribution in [0.2, 0.25) is 0 Å². The average Bonchev–Trinajstić information content (AvgIpc) is 2.98. The zero-order chi connectivity index (χ0) is 15.7. The molecule has 1 atom stereocenters. The molecule has 0 radical (unpaired) electrons. The van der Waals surface area contributed by atoms with Crippen molar-refractivity contribution in [2.24, 2.45) is 0 Å². The summed E-state index contributed by atoms with van der Waals surface area (Å²) in [5.41, 5.74) is 0.446. The standard InChI is InChI=1S/C15H21N5O2/c1-18(2)14(22)20-9-13(21)19(12-4-3-6-16-8-12)11-15(20)5-7-17-10-15/h3-4,6,8,17H,5,7,9-11H2,1-2H3/t15-/m0/s1. The third kappa shape index (κ3) is 2.41. The van der Waals surface area contributed by atoms with E-state index >= 15 is 0 Å². The first kappa shape index (κ1) is 14.8. The van der Waals surface area contributed by atoms with Crippen molar-refractivity contribution in [2.45, 2.75) is 12.0 Å². The topological polar surface area (TPSA) is 68.8 Å². The molecule has 0 aliphatic carbocycles. The molecule has 118 valence electrons. The first-order valence-corrected chi connectivity index (χ1v) is 7.43. The lowest BCUT2D eigenvalue weighted by atomic mass is 9.92. The normalized spacial score (nSPS) is 24.9. The third-order valence-corrected chi connectivity index (χ3v) is 4.41. The fourth-order valence-electron chi connectivity index (χ4n) is 3.21. The summed E-state index contributed by atoms with van der Waals surface area (Å²) in [6.45, 7) is 2.17. The molecule has 1 spiro atoms. The van der Waals surface area contributed by atoms with Gasteiger partial charge in [-0.05, 0) is 25.1 Å². The van der Waals surface area contributed by atoms with Crippen LogP contribution in [0.3, 0.4) is 0 Å². The summed E-state index contributed by atoms with van der Waals surface area (Å²) >= 11 is 0. The first-order chi connectivity index (χ1) is 10.5. The van der Waals surface area contributed by atoms with Crippen LogP contribution in [-0.4, -0.2) is 72.5 Å². The number of piperazine rings is 1. The molecule has 3 rings (SSSR count). The Morgan fingerprint density at radius 1 is 1.45 bits per heavy atom. The van der Waals surface area contributed by atoms with E-state index < -0.39 is 0 Å². The summed E-state index contributed by atoms with van der Waals surface area (Å²) in [6, 6.07) is 3.59. The van der Waals surface area contributed by atoms with E-state index in [1.165, 1.54) is 4.90 Å². The van der Waals surface area contributed by atoms with Gasteiger partial charge in [0.1, 0.15) is 6.54 Å². The maximum absolute atomic E-state index is 12.5. The fraction of sp³-hybridized carbons (Fsp3) is 0.533. The molecule has 7 nitrogen and oxygen atoms in total. The van der Waals surface area contributed by atoms with Gasteiger partial charge in [-0.15, -0.1) is 0 Å². The Bertz CT molecular complexity index is 569. The van der Waals surface area contributed by atoms with Crippen LogP contribution in [0.25, 0.3) is 0 Å². The van der Waals surface area contributed by atoms with Crippen molar-refractivity contribution in [1.29, 1.82) is 0 Å². The van der Waals surface area contributed by atoms with Crippen molar-refractivity contribution in [1.82, 2.24) is 20.1 Å². The largest absolute Gasteiger partial charge is 0.331 e. The van der Waals surface area contributed by atoms with Gasteiger partial charge in [-0.3, -0.25) is 9.78 Å². The predicted octanol–water partition coefficient (Wildman–Crippen LogP) is 0.144. The number of amides is 3. The second kappa shape index (κ2) is 5.57. The number of pyridine rings is 1. The predicted molar refractivity (Wildman–Crippen MR) is 82.6 cm³/mol. The highest BCUT2D eigenvalue weighted by molar-refractivity contribution is 5.98. The minimum atomic E-state index is -0.342. The average molecular weight is 303 g/mol. The van der Waals surface area contributed by atoms with Gasteiger partial charge in [0.15, 0.2) is 0 Å². The zero-order valence-electron chi connectivity index (χ0n) is 13.0. The molecule has 0 bridgehead atoms. The second-order valence-corrected chi connectivity index (χ2v) is 6.11. The Labute approximate surface area is 129 Å². The lowest BCUT2D eigenvalue weighted by Gasteiger charge is -2.48. The van der Waals surface area contributed by atoms with Gasteiger partial charge in [-0.2, -0.15) is 0 Å². The molecule has 7 heteroatoms. The smallest absolute Gasteiger partial charge is 0.320 e. The molecule has 0 unspecified atom stereocenters. The molecular formula is C15H21N5O2. The van der Waals surface area contributed by atoms with Crippen LogP contribution in [-0.2, 0) is 4.79 Å². The van der Waals surface area contributed by atoms with E-state index in [0.717, 1.165) is 18.7 Å².